The first kappa shape index (κ1) is 13.3. The molecule has 5 heteroatoms. The number of nitrogens with one attached hydrogen (secondary N) is 1. The van der Waals surface area contributed by atoms with Gasteiger partial charge in [0, 0.05) is 5.69 Å². The predicted molar refractivity (Wildman–Crippen MR) is 78.5 cm³/mol. The van der Waals surface area contributed by atoms with Gasteiger partial charge in [-0.1, -0.05) is 35.9 Å². The summed E-state index contributed by atoms with van der Waals surface area (Å²) in [7, 11) is 0. The second-order valence-corrected chi connectivity index (χ2v) is 5.20. The van der Waals surface area contributed by atoms with Crippen LogP contribution in [-0.2, 0) is 0 Å². The van der Waals surface area contributed by atoms with Crippen molar-refractivity contribution in [1.82, 2.24) is 15.0 Å². The highest BCUT2D eigenvalue weighted by atomic mass is 15.6. The fraction of sp³-hybridized carbons (Fsp3) is 0.188. The zero-order valence-corrected chi connectivity index (χ0v) is 12.3. The largest absolute Gasteiger partial charge is 0.371 e. The molecule has 1 aromatic heterocycles. The predicted octanol–water partition coefficient (Wildman–Crippen LogP) is 1.51. The van der Waals surface area contributed by atoms with Crippen molar-refractivity contribution in [2.75, 3.05) is 0 Å². The average molecular weight is 279 g/mol. The Hall–Kier alpha value is -2.69. The van der Waals surface area contributed by atoms with Gasteiger partial charge >= 0.3 is 0 Å². The van der Waals surface area contributed by atoms with Crippen molar-refractivity contribution in [3.05, 3.63) is 64.8 Å². The van der Waals surface area contributed by atoms with Crippen LogP contribution in [0.1, 0.15) is 16.7 Å². The molecule has 1 N–H and O–H groups in total. The number of aryl methyl sites for hydroxylation is 3. The van der Waals surface area contributed by atoms with Gasteiger partial charge in [0.2, 0.25) is 0 Å². The molecule has 5 nitrogen and oxygen atoms in total. The number of benzene rings is 2. The van der Waals surface area contributed by atoms with E-state index in [1.807, 2.05) is 44.2 Å². The topological polar surface area (TPSA) is 59.6 Å². The van der Waals surface area contributed by atoms with Crippen molar-refractivity contribution >= 4 is 0 Å². The SMILES string of the molecule is Cc1cc(C)c(-n2n[n+](-c3ccccc3)[n-]c2=N)c(C)c1. The highest BCUT2D eigenvalue weighted by molar-refractivity contribution is 5.48. The van der Waals surface area contributed by atoms with Crippen molar-refractivity contribution in [2.24, 2.45) is 0 Å². The molecule has 0 unspecified atom stereocenters. The summed E-state index contributed by atoms with van der Waals surface area (Å²) in [6.07, 6.45) is 0. The molecule has 21 heavy (non-hydrogen) atoms. The van der Waals surface area contributed by atoms with Gasteiger partial charge in [0.15, 0.2) is 5.69 Å². The Morgan fingerprint density at radius 3 is 2.29 bits per heavy atom. The van der Waals surface area contributed by atoms with Crippen LogP contribution in [0.5, 0.6) is 0 Å². The molecule has 0 radical (unpaired) electrons. The molecule has 0 aliphatic heterocycles. The molecule has 1 heterocycles. The summed E-state index contributed by atoms with van der Waals surface area (Å²) in [5, 5.41) is 16.7. The van der Waals surface area contributed by atoms with Gasteiger partial charge in [-0.2, -0.15) is 0 Å². The van der Waals surface area contributed by atoms with Gasteiger partial charge in [-0.25, -0.2) is 0 Å². The van der Waals surface area contributed by atoms with Gasteiger partial charge in [0.1, 0.15) is 5.62 Å². The van der Waals surface area contributed by atoms with Crippen LogP contribution in [0.4, 0.5) is 0 Å². The summed E-state index contributed by atoms with van der Waals surface area (Å²) < 4.78 is 1.58. The minimum absolute atomic E-state index is 0.119. The molecule has 0 fully saturated rings. The first-order valence-electron chi connectivity index (χ1n) is 6.81. The van der Waals surface area contributed by atoms with Crippen molar-refractivity contribution in [2.45, 2.75) is 20.8 Å². The summed E-state index contributed by atoms with van der Waals surface area (Å²) in [5.41, 5.74) is 5.27. The molecule has 0 aliphatic carbocycles. The van der Waals surface area contributed by atoms with E-state index >= 15 is 0 Å². The molecule has 3 rings (SSSR count). The van der Waals surface area contributed by atoms with Crippen molar-refractivity contribution < 1.29 is 4.80 Å². The molecule has 0 aliphatic rings. The van der Waals surface area contributed by atoms with Crippen LogP contribution in [0.3, 0.4) is 0 Å². The standard InChI is InChI=1S/C16H17N5/c1-11-9-12(2)15(13(3)10-11)20-16(17)18-21(19-20)14-7-5-4-6-8-14/h4-10,17H,1-3H3. The van der Waals surface area contributed by atoms with Crippen molar-refractivity contribution in [3.8, 4) is 11.4 Å². The normalized spacial score (nSPS) is 10.8. The van der Waals surface area contributed by atoms with E-state index < -0.39 is 0 Å². The molecule has 0 spiro atoms. The first-order chi connectivity index (χ1) is 10.1. The molecule has 0 saturated carbocycles. The number of tetrazole rings is 1. The summed E-state index contributed by atoms with van der Waals surface area (Å²) in [6.45, 7) is 6.13. The van der Waals surface area contributed by atoms with Gasteiger partial charge in [0.25, 0.3) is 0 Å². The minimum atomic E-state index is 0.119. The molecule has 106 valence electrons. The summed E-state index contributed by atoms with van der Waals surface area (Å²) in [4.78, 5) is 1.49. The fourth-order valence-electron chi connectivity index (χ4n) is 2.61. The van der Waals surface area contributed by atoms with Crippen molar-refractivity contribution in [1.29, 1.82) is 5.41 Å². The van der Waals surface area contributed by atoms with Crippen molar-refractivity contribution in [3.63, 3.8) is 0 Å². The van der Waals surface area contributed by atoms with E-state index in [0.29, 0.717) is 0 Å². The molecular formula is C16H17N5. The molecule has 3 aromatic rings. The van der Waals surface area contributed by atoms with Gasteiger partial charge in [0.05, 0.1) is 0 Å². The quantitative estimate of drug-likeness (QED) is 0.723. The Morgan fingerprint density at radius 2 is 1.67 bits per heavy atom. The number of para-hydroxylation sites is 1. The molecule has 0 atom stereocenters. The van der Waals surface area contributed by atoms with Crippen LogP contribution in [-0.4, -0.2) is 9.90 Å². The van der Waals surface area contributed by atoms with Crippen LogP contribution < -0.4 is 15.5 Å². The monoisotopic (exact) mass is 279 g/mol. The molecule has 0 saturated heterocycles. The number of rotatable bonds is 2. The molecule has 0 bridgehead atoms. The zero-order valence-electron chi connectivity index (χ0n) is 12.3. The smallest absolute Gasteiger partial charge is 0.156 e. The fourth-order valence-corrected chi connectivity index (χ4v) is 2.61. The van der Waals surface area contributed by atoms with E-state index in [1.54, 1.807) is 4.68 Å². The summed E-state index contributed by atoms with van der Waals surface area (Å²) in [5.74, 6) is 0. The van der Waals surface area contributed by atoms with E-state index in [1.165, 1.54) is 10.4 Å². The molecular weight excluding hydrogens is 262 g/mol. The van der Waals surface area contributed by atoms with Crippen LogP contribution >= 0.6 is 0 Å². The maximum atomic E-state index is 8.09. The van der Waals surface area contributed by atoms with Gasteiger partial charge < -0.3 is 5.41 Å². The van der Waals surface area contributed by atoms with Crippen LogP contribution in [0.25, 0.3) is 11.4 Å². The summed E-state index contributed by atoms with van der Waals surface area (Å²) in [6, 6.07) is 13.8. The maximum absolute atomic E-state index is 8.09. The third kappa shape index (κ3) is 2.38. The average Bonchev–Trinajstić information content (AvgIpc) is 2.81. The van der Waals surface area contributed by atoms with E-state index in [0.717, 1.165) is 22.5 Å². The lowest BCUT2D eigenvalue weighted by Crippen LogP contribution is -2.39. The second kappa shape index (κ2) is 5.01. The number of aromatic nitrogens is 4. The maximum Gasteiger partial charge on any atom is 0.156 e. The molecule has 2 aromatic carbocycles. The summed E-state index contributed by atoms with van der Waals surface area (Å²) >= 11 is 0. The number of hydrogen-bond donors (Lipinski definition) is 1. The highest BCUT2D eigenvalue weighted by Gasteiger charge is 2.08. The number of nitrogens with zero attached hydrogens (tertiary/aromatic N) is 4. The lowest BCUT2D eigenvalue weighted by atomic mass is 10.1. The van der Waals surface area contributed by atoms with E-state index in [9.17, 15) is 0 Å². The van der Waals surface area contributed by atoms with E-state index in [4.69, 9.17) is 5.41 Å². The first-order valence-corrected chi connectivity index (χ1v) is 6.81. The second-order valence-electron chi connectivity index (χ2n) is 5.20. The lowest BCUT2D eigenvalue weighted by molar-refractivity contribution is -0.723. The Balaban J connectivity index is 2.18. The van der Waals surface area contributed by atoms with E-state index in [2.05, 4.69) is 29.4 Å². The Bertz CT molecular complexity index is 820. The Kier molecular flexibility index (Phi) is 3.17. The lowest BCUT2D eigenvalue weighted by Gasteiger charge is -2.13. The Labute approximate surface area is 123 Å². The number of hydrogen-bond acceptors (Lipinski definition) is 2. The van der Waals surface area contributed by atoms with Gasteiger partial charge in [-0.05, 0) is 44.0 Å². The third-order valence-electron chi connectivity index (χ3n) is 3.40. The van der Waals surface area contributed by atoms with E-state index in [-0.39, 0.29) is 5.62 Å². The minimum Gasteiger partial charge on any atom is -0.371 e. The van der Waals surface area contributed by atoms with Crippen LogP contribution in [0.15, 0.2) is 42.5 Å². The third-order valence-corrected chi connectivity index (χ3v) is 3.40. The van der Waals surface area contributed by atoms with Gasteiger partial charge in [-0.3, -0.25) is 4.68 Å². The van der Waals surface area contributed by atoms with Gasteiger partial charge in [-0.15, -0.1) is 15.1 Å². The molecule has 0 amide bonds. The van der Waals surface area contributed by atoms with Crippen LogP contribution in [0.2, 0.25) is 0 Å². The van der Waals surface area contributed by atoms with Crippen LogP contribution in [0, 0.1) is 26.2 Å². The highest BCUT2D eigenvalue weighted by Crippen LogP contribution is 2.18. The Morgan fingerprint density at radius 1 is 1.05 bits per heavy atom. The zero-order chi connectivity index (χ0) is 15.0.